The van der Waals surface area contributed by atoms with Gasteiger partial charge in [0.1, 0.15) is 5.82 Å². The Morgan fingerprint density at radius 1 is 0.839 bits per heavy atom. The van der Waals surface area contributed by atoms with Crippen LogP contribution in [-0.4, -0.2) is 52.6 Å². The fourth-order valence-corrected chi connectivity index (χ4v) is 6.00. The summed E-state index contributed by atoms with van der Waals surface area (Å²) in [5, 5.41) is 0. The molecule has 5 nitrogen and oxygen atoms in total. The van der Waals surface area contributed by atoms with Gasteiger partial charge in [0.05, 0.1) is 4.90 Å². The third kappa shape index (κ3) is 5.27. The zero-order valence-electron chi connectivity index (χ0n) is 19.3. The minimum atomic E-state index is -3.54. The summed E-state index contributed by atoms with van der Waals surface area (Å²) < 4.78 is 41.9. The molecule has 2 aromatic carbocycles. The fraction of sp³-hybridized carbons (Fsp3) is 0.500. The predicted octanol–water partition coefficient (Wildman–Crippen LogP) is 3.86. The second-order valence-corrected chi connectivity index (χ2v) is 10.2. The van der Waals surface area contributed by atoms with Gasteiger partial charge < -0.3 is 4.90 Å². The van der Waals surface area contributed by atoms with Gasteiger partial charge in [0.15, 0.2) is 0 Å². The molecule has 0 spiro atoms. The van der Waals surface area contributed by atoms with Crippen molar-refractivity contribution in [1.29, 1.82) is 0 Å². The lowest BCUT2D eigenvalue weighted by Gasteiger charge is -2.36. The smallest absolute Gasteiger partial charge is 0.241 e. The van der Waals surface area contributed by atoms with E-state index in [1.807, 2.05) is 46.8 Å². The van der Waals surface area contributed by atoms with E-state index in [0.717, 1.165) is 72.6 Å². The average molecular weight is 448 g/mol. The van der Waals surface area contributed by atoms with Crippen LogP contribution in [0.3, 0.4) is 0 Å². The number of piperazine rings is 1. The Morgan fingerprint density at radius 2 is 1.35 bits per heavy atom. The second-order valence-electron chi connectivity index (χ2n) is 8.51. The molecule has 2 aromatic rings. The summed E-state index contributed by atoms with van der Waals surface area (Å²) in [4.78, 5) is 5.04. The van der Waals surface area contributed by atoms with Crippen LogP contribution in [0.25, 0.3) is 0 Å². The largest absolute Gasteiger partial charge is 0.369 e. The highest BCUT2D eigenvalue weighted by Gasteiger charge is 2.23. The molecule has 0 bridgehead atoms. The van der Waals surface area contributed by atoms with Crippen molar-refractivity contribution in [2.24, 2.45) is 0 Å². The minimum absolute atomic E-state index is 0.216. The zero-order chi connectivity index (χ0) is 22.8. The molecule has 0 unspecified atom stereocenters. The summed E-state index contributed by atoms with van der Waals surface area (Å²) in [6, 6.07) is 6.62. The highest BCUT2D eigenvalue weighted by atomic mass is 32.2. The highest BCUT2D eigenvalue weighted by molar-refractivity contribution is 7.89. The van der Waals surface area contributed by atoms with Gasteiger partial charge in [-0.25, -0.2) is 17.5 Å². The molecule has 1 aliphatic heterocycles. The summed E-state index contributed by atoms with van der Waals surface area (Å²) >= 11 is 0. The van der Waals surface area contributed by atoms with E-state index in [4.69, 9.17) is 0 Å². The molecule has 0 radical (unpaired) electrons. The van der Waals surface area contributed by atoms with Crippen LogP contribution in [0.4, 0.5) is 10.1 Å². The number of benzene rings is 2. The molecule has 3 rings (SSSR count). The predicted molar refractivity (Wildman–Crippen MR) is 125 cm³/mol. The number of halogens is 1. The third-order valence-electron chi connectivity index (χ3n) is 6.71. The number of rotatable bonds is 7. The summed E-state index contributed by atoms with van der Waals surface area (Å²) in [5.74, 6) is -0.216. The van der Waals surface area contributed by atoms with Crippen LogP contribution >= 0.6 is 0 Å². The molecule has 1 aliphatic rings. The van der Waals surface area contributed by atoms with E-state index < -0.39 is 10.0 Å². The van der Waals surface area contributed by atoms with E-state index in [2.05, 4.69) is 14.5 Å². The third-order valence-corrected chi connectivity index (χ3v) is 8.44. The number of anilines is 1. The van der Waals surface area contributed by atoms with Crippen LogP contribution in [0.15, 0.2) is 29.2 Å². The van der Waals surface area contributed by atoms with Crippen molar-refractivity contribution in [3.8, 4) is 0 Å². The first kappa shape index (κ1) is 23.7. The molecule has 7 heteroatoms. The van der Waals surface area contributed by atoms with Gasteiger partial charge in [-0.1, -0.05) is 0 Å². The number of nitrogens with zero attached hydrogens (tertiary/aromatic N) is 2. The molecule has 31 heavy (non-hydrogen) atoms. The Labute approximate surface area is 186 Å². The van der Waals surface area contributed by atoms with Crippen molar-refractivity contribution in [1.82, 2.24) is 9.62 Å². The van der Waals surface area contributed by atoms with E-state index in [0.29, 0.717) is 11.4 Å². The summed E-state index contributed by atoms with van der Waals surface area (Å²) in [6.45, 7) is 14.7. The topological polar surface area (TPSA) is 52.7 Å². The summed E-state index contributed by atoms with van der Waals surface area (Å²) in [5.41, 5.74) is 5.97. The van der Waals surface area contributed by atoms with E-state index in [1.54, 1.807) is 0 Å². The Morgan fingerprint density at radius 3 is 1.90 bits per heavy atom. The first-order valence-corrected chi connectivity index (χ1v) is 12.4. The van der Waals surface area contributed by atoms with Crippen molar-refractivity contribution in [2.45, 2.75) is 45.9 Å². The first-order chi connectivity index (χ1) is 14.6. The van der Waals surface area contributed by atoms with Crippen LogP contribution in [0.2, 0.25) is 0 Å². The van der Waals surface area contributed by atoms with Gasteiger partial charge in [0, 0.05) is 38.4 Å². The van der Waals surface area contributed by atoms with Gasteiger partial charge in [-0.05, 0) is 99.7 Å². The Kier molecular flexibility index (Phi) is 7.39. The minimum Gasteiger partial charge on any atom is -0.369 e. The number of hydrogen-bond donors (Lipinski definition) is 1. The van der Waals surface area contributed by atoms with Crippen LogP contribution in [0, 0.1) is 40.4 Å². The first-order valence-electron chi connectivity index (χ1n) is 10.9. The lowest BCUT2D eigenvalue weighted by molar-refractivity contribution is 0.255. The molecule has 0 aliphatic carbocycles. The molecule has 0 saturated carbocycles. The number of nitrogens with one attached hydrogen (secondary N) is 1. The zero-order valence-corrected chi connectivity index (χ0v) is 20.1. The van der Waals surface area contributed by atoms with Gasteiger partial charge >= 0.3 is 0 Å². The SMILES string of the molecule is Cc1c(C)c(C)c(S(=O)(=O)NCCCN2CCN(c3ccc(F)cc3)CC2)c(C)c1C. The van der Waals surface area contributed by atoms with E-state index in [1.165, 1.54) is 12.1 Å². The molecule has 1 saturated heterocycles. The van der Waals surface area contributed by atoms with Crippen molar-refractivity contribution in [2.75, 3.05) is 44.2 Å². The molecule has 1 N–H and O–H groups in total. The van der Waals surface area contributed by atoms with Crippen molar-refractivity contribution < 1.29 is 12.8 Å². The number of sulfonamides is 1. The van der Waals surface area contributed by atoms with Gasteiger partial charge in [0.25, 0.3) is 0 Å². The maximum absolute atomic E-state index is 13.1. The molecular weight excluding hydrogens is 413 g/mol. The van der Waals surface area contributed by atoms with Crippen LogP contribution < -0.4 is 9.62 Å². The van der Waals surface area contributed by atoms with Gasteiger partial charge in [-0.15, -0.1) is 0 Å². The number of hydrogen-bond acceptors (Lipinski definition) is 4. The van der Waals surface area contributed by atoms with Crippen molar-refractivity contribution in [3.05, 3.63) is 57.9 Å². The fourth-order valence-electron chi connectivity index (χ4n) is 4.33. The van der Waals surface area contributed by atoms with Crippen LogP contribution in [-0.2, 0) is 10.0 Å². The molecule has 1 fully saturated rings. The van der Waals surface area contributed by atoms with Gasteiger partial charge in [-0.3, -0.25) is 4.90 Å². The van der Waals surface area contributed by atoms with Crippen LogP contribution in [0.5, 0.6) is 0 Å². The maximum Gasteiger partial charge on any atom is 0.241 e. The van der Waals surface area contributed by atoms with Crippen molar-refractivity contribution in [3.63, 3.8) is 0 Å². The summed E-state index contributed by atoms with van der Waals surface area (Å²) in [6.07, 6.45) is 0.762. The van der Waals surface area contributed by atoms with Gasteiger partial charge in [-0.2, -0.15) is 0 Å². The van der Waals surface area contributed by atoms with E-state index >= 15 is 0 Å². The molecule has 1 heterocycles. The molecular formula is C24H34FN3O2S. The van der Waals surface area contributed by atoms with Crippen LogP contribution in [0.1, 0.15) is 34.2 Å². The molecule has 0 aromatic heterocycles. The van der Waals surface area contributed by atoms with Crippen molar-refractivity contribution >= 4 is 15.7 Å². The summed E-state index contributed by atoms with van der Waals surface area (Å²) in [7, 11) is -3.54. The lowest BCUT2D eigenvalue weighted by Crippen LogP contribution is -2.47. The Bertz CT molecular complexity index is 999. The quantitative estimate of drug-likeness (QED) is 0.655. The standard InChI is InChI=1S/C24H34FN3O2S/c1-17-18(2)20(4)24(21(5)19(17)3)31(29,30)26-11-6-12-27-13-15-28(16-14-27)23-9-7-22(25)8-10-23/h7-10,26H,6,11-16H2,1-5H3. The average Bonchev–Trinajstić information content (AvgIpc) is 2.75. The second kappa shape index (κ2) is 9.67. The molecule has 0 amide bonds. The van der Waals surface area contributed by atoms with E-state index in [9.17, 15) is 12.8 Å². The maximum atomic E-state index is 13.1. The molecule has 0 atom stereocenters. The Balaban J connectivity index is 1.51. The van der Waals surface area contributed by atoms with E-state index in [-0.39, 0.29) is 5.82 Å². The monoisotopic (exact) mass is 447 g/mol. The highest BCUT2D eigenvalue weighted by Crippen LogP contribution is 2.29. The lowest BCUT2D eigenvalue weighted by atomic mass is 9.95. The normalized spacial score (nSPS) is 15.5. The Hall–Kier alpha value is -1.96. The van der Waals surface area contributed by atoms with Gasteiger partial charge in [0.2, 0.25) is 10.0 Å². The molecule has 170 valence electrons.